The van der Waals surface area contributed by atoms with Gasteiger partial charge in [0.25, 0.3) is 5.56 Å². The smallest absolute Gasteiger partial charge is 0.280 e. The molecule has 182 valence electrons. The maximum atomic E-state index is 13.6. The molecule has 1 amide bonds. The first-order valence-corrected chi connectivity index (χ1v) is 11.6. The fourth-order valence-electron chi connectivity index (χ4n) is 4.18. The van der Waals surface area contributed by atoms with E-state index in [-0.39, 0.29) is 24.6 Å². The average molecular weight is 483 g/mol. The van der Waals surface area contributed by atoms with Gasteiger partial charge in [-0.2, -0.15) is 10.2 Å². The summed E-state index contributed by atoms with van der Waals surface area (Å²) in [4.78, 5) is 26.4. The predicted molar refractivity (Wildman–Crippen MR) is 137 cm³/mol. The van der Waals surface area contributed by atoms with Crippen LogP contribution in [-0.4, -0.2) is 37.1 Å². The Morgan fingerprint density at radius 1 is 0.972 bits per heavy atom. The number of ether oxygens (including phenoxy) is 1. The van der Waals surface area contributed by atoms with Crippen LogP contribution in [-0.2, 0) is 17.9 Å². The second-order valence-electron chi connectivity index (χ2n) is 8.52. The van der Waals surface area contributed by atoms with Crippen LogP contribution in [0, 0.1) is 13.8 Å². The van der Waals surface area contributed by atoms with Gasteiger partial charge >= 0.3 is 0 Å². The van der Waals surface area contributed by atoms with Crippen LogP contribution in [0.1, 0.15) is 16.8 Å². The van der Waals surface area contributed by atoms with Crippen molar-refractivity contribution in [3.05, 3.63) is 100 Å². The van der Waals surface area contributed by atoms with Crippen molar-refractivity contribution >= 4 is 16.8 Å². The van der Waals surface area contributed by atoms with Crippen LogP contribution in [0.3, 0.4) is 0 Å². The van der Waals surface area contributed by atoms with Gasteiger partial charge in [0.15, 0.2) is 5.82 Å². The van der Waals surface area contributed by atoms with E-state index < -0.39 is 0 Å². The van der Waals surface area contributed by atoms with Gasteiger partial charge in [0.2, 0.25) is 5.91 Å². The van der Waals surface area contributed by atoms with Crippen LogP contribution in [0.25, 0.3) is 22.4 Å². The number of rotatable bonds is 7. The number of methoxy groups -OCH3 is 1. The Hall–Kier alpha value is -4.66. The van der Waals surface area contributed by atoms with Crippen molar-refractivity contribution in [2.24, 2.45) is 0 Å². The van der Waals surface area contributed by atoms with Gasteiger partial charge in [-0.05, 0) is 44.2 Å². The lowest BCUT2D eigenvalue weighted by Crippen LogP contribution is -2.34. The van der Waals surface area contributed by atoms with Gasteiger partial charge in [0.05, 0.1) is 18.5 Å². The summed E-state index contributed by atoms with van der Waals surface area (Å²) < 4.78 is 10.1. The molecular weight excluding hydrogens is 456 g/mol. The van der Waals surface area contributed by atoms with Crippen molar-refractivity contribution in [3.8, 4) is 17.3 Å². The highest BCUT2D eigenvalue weighted by Crippen LogP contribution is 2.25. The quantitative estimate of drug-likeness (QED) is 0.384. The third-order valence-corrected chi connectivity index (χ3v) is 6.01. The highest BCUT2D eigenvalue weighted by Gasteiger charge is 2.22. The molecule has 0 spiro atoms. The largest absolute Gasteiger partial charge is 0.496 e. The first-order valence-electron chi connectivity index (χ1n) is 11.6. The number of amides is 1. The van der Waals surface area contributed by atoms with Crippen LogP contribution in [0.5, 0.6) is 5.75 Å². The molecule has 5 rings (SSSR count). The third-order valence-electron chi connectivity index (χ3n) is 6.01. The zero-order valence-corrected chi connectivity index (χ0v) is 20.3. The summed E-state index contributed by atoms with van der Waals surface area (Å²) in [6.07, 6.45) is 3.72. The summed E-state index contributed by atoms with van der Waals surface area (Å²) in [6.45, 7) is 3.86. The summed E-state index contributed by atoms with van der Waals surface area (Å²) in [5, 5.41) is 12.4. The van der Waals surface area contributed by atoms with Crippen LogP contribution >= 0.6 is 0 Å². The van der Waals surface area contributed by atoms with Crippen molar-refractivity contribution in [2.45, 2.75) is 26.9 Å². The fraction of sp³-hybridized carbons (Fsp3) is 0.185. The van der Waals surface area contributed by atoms with E-state index in [4.69, 9.17) is 9.84 Å². The van der Waals surface area contributed by atoms with Crippen LogP contribution < -0.4 is 15.6 Å². The molecular formula is C27H26N6O3. The summed E-state index contributed by atoms with van der Waals surface area (Å²) in [7, 11) is 1.58. The molecule has 0 atom stereocenters. The maximum Gasteiger partial charge on any atom is 0.280 e. The van der Waals surface area contributed by atoms with E-state index >= 15 is 0 Å². The number of benzene rings is 2. The molecule has 3 heterocycles. The van der Waals surface area contributed by atoms with Crippen molar-refractivity contribution in [1.29, 1.82) is 0 Å². The summed E-state index contributed by atoms with van der Waals surface area (Å²) in [6, 6.07) is 19.1. The number of carbonyl (C=O) groups is 1. The summed E-state index contributed by atoms with van der Waals surface area (Å²) in [5.41, 5.74) is 3.45. The Morgan fingerprint density at radius 3 is 2.42 bits per heavy atom. The van der Waals surface area contributed by atoms with Gasteiger partial charge in [-0.1, -0.05) is 35.9 Å². The van der Waals surface area contributed by atoms with Gasteiger partial charge in [-0.3, -0.25) is 9.59 Å². The molecule has 0 radical (unpaired) electrons. The lowest BCUT2D eigenvalue weighted by atomic mass is 10.2. The lowest BCUT2D eigenvalue weighted by Gasteiger charge is -2.11. The van der Waals surface area contributed by atoms with Gasteiger partial charge in [-0.15, -0.1) is 0 Å². The minimum Gasteiger partial charge on any atom is -0.496 e. The normalized spacial score (nSPS) is 11.1. The number of nitrogens with zero attached hydrogens (tertiary/aromatic N) is 5. The van der Waals surface area contributed by atoms with Gasteiger partial charge in [0.1, 0.15) is 23.2 Å². The minimum absolute atomic E-state index is 0.217. The van der Waals surface area contributed by atoms with E-state index in [2.05, 4.69) is 10.4 Å². The zero-order valence-electron chi connectivity index (χ0n) is 20.3. The Balaban J connectivity index is 1.54. The Morgan fingerprint density at radius 2 is 1.69 bits per heavy atom. The van der Waals surface area contributed by atoms with Crippen molar-refractivity contribution in [3.63, 3.8) is 0 Å². The Bertz CT molecular complexity index is 1600. The molecule has 36 heavy (non-hydrogen) atoms. The van der Waals surface area contributed by atoms with E-state index in [1.807, 2.05) is 84.5 Å². The van der Waals surface area contributed by atoms with E-state index in [0.717, 1.165) is 16.8 Å². The van der Waals surface area contributed by atoms with Crippen LogP contribution in [0.4, 0.5) is 0 Å². The van der Waals surface area contributed by atoms with E-state index in [0.29, 0.717) is 28.2 Å². The standard InChI is InChI=1S/C27H26N6O3/c1-18-10-12-21(13-11-18)33-26(31-14-6-7-15-31)24-25(30-33)19(2)29-32(27(24)35)17-23(34)28-16-20-8-4-5-9-22(20)36-3/h4-15H,16-17H2,1-3H3,(H,28,34). The monoisotopic (exact) mass is 482 g/mol. The van der Waals surface area contributed by atoms with E-state index in [1.165, 1.54) is 4.68 Å². The second kappa shape index (κ2) is 9.53. The summed E-state index contributed by atoms with van der Waals surface area (Å²) in [5.74, 6) is 0.950. The molecule has 9 nitrogen and oxygen atoms in total. The second-order valence-corrected chi connectivity index (χ2v) is 8.52. The first-order chi connectivity index (χ1) is 17.5. The lowest BCUT2D eigenvalue weighted by molar-refractivity contribution is -0.122. The number of hydrogen-bond acceptors (Lipinski definition) is 5. The summed E-state index contributed by atoms with van der Waals surface area (Å²) >= 11 is 0. The van der Waals surface area contributed by atoms with Crippen molar-refractivity contribution < 1.29 is 9.53 Å². The number of fused-ring (bicyclic) bond motifs is 1. The average Bonchev–Trinajstić information content (AvgIpc) is 3.55. The molecule has 0 fully saturated rings. The Kier molecular flexibility index (Phi) is 6.12. The molecule has 0 aliphatic heterocycles. The predicted octanol–water partition coefficient (Wildman–Crippen LogP) is 3.31. The number of hydrogen-bond donors (Lipinski definition) is 1. The number of aromatic nitrogens is 5. The third kappa shape index (κ3) is 4.26. The van der Waals surface area contributed by atoms with E-state index in [1.54, 1.807) is 18.7 Å². The maximum absolute atomic E-state index is 13.6. The molecule has 0 saturated carbocycles. The molecule has 0 aliphatic carbocycles. The zero-order chi connectivity index (χ0) is 25.2. The molecule has 2 aromatic carbocycles. The topological polar surface area (TPSA) is 96.0 Å². The van der Waals surface area contributed by atoms with Gasteiger partial charge < -0.3 is 14.6 Å². The van der Waals surface area contributed by atoms with Gasteiger partial charge in [0, 0.05) is 24.5 Å². The van der Waals surface area contributed by atoms with Crippen LogP contribution in [0.2, 0.25) is 0 Å². The first kappa shape index (κ1) is 23.1. The molecule has 3 aromatic heterocycles. The number of aryl methyl sites for hydroxylation is 2. The number of para-hydroxylation sites is 1. The highest BCUT2D eigenvalue weighted by molar-refractivity contribution is 5.88. The van der Waals surface area contributed by atoms with Crippen molar-refractivity contribution in [1.82, 2.24) is 29.4 Å². The molecule has 9 heteroatoms. The minimum atomic E-state index is -0.384. The van der Waals surface area contributed by atoms with Crippen LogP contribution in [0.15, 0.2) is 77.9 Å². The molecule has 0 unspecified atom stereocenters. The molecule has 0 saturated heterocycles. The Labute approximate surface area is 207 Å². The molecule has 0 bridgehead atoms. The molecule has 1 N–H and O–H groups in total. The van der Waals surface area contributed by atoms with Gasteiger partial charge in [-0.25, -0.2) is 9.36 Å². The van der Waals surface area contributed by atoms with Crippen molar-refractivity contribution in [2.75, 3.05) is 7.11 Å². The SMILES string of the molecule is COc1ccccc1CNC(=O)Cn1nc(C)c2nn(-c3ccc(C)cc3)c(-n3cccc3)c2c1=O. The number of carbonyl (C=O) groups excluding carboxylic acids is 1. The highest BCUT2D eigenvalue weighted by atomic mass is 16.5. The fourth-order valence-corrected chi connectivity index (χ4v) is 4.18. The molecule has 0 aliphatic rings. The van der Waals surface area contributed by atoms with E-state index in [9.17, 15) is 9.59 Å². The number of nitrogens with one attached hydrogen (secondary N) is 1. The molecule has 5 aromatic rings.